The maximum Gasteiger partial charge on any atom is 0.309 e. The summed E-state index contributed by atoms with van der Waals surface area (Å²) in [4.78, 5) is 23.5. The van der Waals surface area contributed by atoms with Gasteiger partial charge >= 0.3 is 5.97 Å². The minimum Gasteiger partial charge on any atom is -0.493 e. The predicted molar refractivity (Wildman–Crippen MR) is 110 cm³/mol. The number of carbonyl (C=O) groups excluding carboxylic acids is 2. The Kier molecular flexibility index (Phi) is 7.88. The highest BCUT2D eigenvalue weighted by Gasteiger charge is 2.13. The van der Waals surface area contributed by atoms with Crippen LogP contribution >= 0.6 is 11.6 Å². The van der Waals surface area contributed by atoms with E-state index in [2.05, 4.69) is 26.1 Å². The van der Waals surface area contributed by atoms with Crippen LogP contribution < -0.4 is 10.1 Å². The molecule has 6 heteroatoms. The van der Waals surface area contributed by atoms with Crippen molar-refractivity contribution in [2.24, 2.45) is 0 Å². The zero-order valence-electron chi connectivity index (χ0n) is 16.5. The van der Waals surface area contributed by atoms with E-state index in [1.54, 1.807) is 6.07 Å². The SMILES string of the molecule is CC(C)(C)c1ccc(OCCC(=O)OCC(=O)NCc2ccccc2Cl)cc1. The molecule has 150 valence electrons. The van der Waals surface area contributed by atoms with Crippen LogP contribution in [0.3, 0.4) is 0 Å². The van der Waals surface area contributed by atoms with Crippen molar-refractivity contribution in [2.75, 3.05) is 13.2 Å². The Morgan fingerprint density at radius 3 is 2.36 bits per heavy atom. The number of benzene rings is 2. The molecule has 0 fully saturated rings. The second kappa shape index (κ2) is 10.1. The second-order valence-corrected chi connectivity index (χ2v) is 7.81. The van der Waals surface area contributed by atoms with Crippen LogP contribution in [0.4, 0.5) is 0 Å². The molecule has 2 aromatic rings. The van der Waals surface area contributed by atoms with Gasteiger partial charge in [0, 0.05) is 11.6 Å². The fourth-order valence-corrected chi connectivity index (χ4v) is 2.61. The first-order valence-corrected chi connectivity index (χ1v) is 9.52. The van der Waals surface area contributed by atoms with E-state index >= 15 is 0 Å². The molecule has 5 nitrogen and oxygen atoms in total. The van der Waals surface area contributed by atoms with Gasteiger partial charge in [0.2, 0.25) is 0 Å². The van der Waals surface area contributed by atoms with Gasteiger partial charge in [0.1, 0.15) is 5.75 Å². The first-order chi connectivity index (χ1) is 13.3. The molecule has 1 N–H and O–H groups in total. The van der Waals surface area contributed by atoms with Gasteiger partial charge in [-0.1, -0.05) is 62.7 Å². The van der Waals surface area contributed by atoms with Gasteiger partial charge in [-0.05, 0) is 34.7 Å². The molecule has 0 heterocycles. The van der Waals surface area contributed by atoms with Crippen LogP contribution in [-0.4, -0.2) is 25.1 Å². The summed E-state index contributed by atoms with van der Waals surface area (Å²) in [5.41, 5.74) is 2.09. The topological polar surface area (TPSA) is 64.6 Å². The van der Waals surface area contributed by atoms with Crippen molar-refractivity contribution in [3.8, 4) is 5.75 Å². The Balaban J connectivity index is 1.64. The van der Waals surface area contributed by atoms with Crippen LogP contribution in [-0.2, 0) is 26.3 Å². The standard InChI is InChI=1S/C22H26ClNO4/c1-22(2,3)17-8-10-18(11-9-17)27-13-12-21(26)28-15-20(25)24-14-16-6-4-5-7-19(16)23/h4-11H,12-15H2,1-3H3,(H,24,25). The highest BCUT2D eigenvalue weighted by molar-refractivity contribution is 6.31. The number of amides is 1. The fraction of sp³-hybridized carbons (Fsp3) is 0.364. The average molecular weight is 404 g/mol. The molecule has 2 aromatic carbocycles. The van der Waals surface area contributed by atoms with E-state index in [0.29, 0.717) is 10.8 Å². The second-order valence-electron chi connectivity index (χ2n) is 7.40. The Morgan fingerprint density at radius 1 is 1.04 bits per heavy atom. The van der Waals surface area contributed by atoms with E-state index in [0.717, 1.165) is 5.56 Å². The molecule has 0 aliphatic heterocycles. The van der Waals surface area contributed by atoms with E-state index in [9.17, 15) is 9.59 Å². The number of hydrogen-bond donors (Lipinski definition) is 1. The normalized spacial score (nSPS) is 11.0. The molecule has 0 radical (unpaired) electrons. The maximum absolute atomic E-state index is 11.8. The first-order valence-electron chi connectivity index (χ1n) is 9.15. The van der Waals surface area contributed by atoms with E-state index in [1.807, 2.05) is 42.5 Å². The first kappa shape index (κ1) is 21.8. The van der Waals surface area contributed by atoms with Crippen molar-refractivity contribution in [3.63, 3.8) is 0 Å². The lowest BCUT2D eigenvalue weighted by Crippen LogP contribution is -2.28. The minimum atomic E-state index is -0.487. The quantitative estimate of drug-likeness (QED) is 0.668. The summed E-state index contributed by atoms with van der Waals surface area (Å²) in [5, 5.41) is 3.24. The summed E-state index contributed by atoms with van der Waals surface area (Å²) in [6.07, 6.45) is 0.0683. The van der Waals surface area contributed by atoms with Crippen LogP contribution in [0, 0.1) is 0 Å². The Hall–Kier alpha value is -2.53. The van der Waals surface area contributed by atoms with E-state index < -0.39 is 5.97 Å². The van der Waals surface area contributed by atoms with Crippen LogP contribution in [0.1, 0.15) is 38.3 Å². The summed E-state index contributed by atoms with van der Waals surface area (Å²) in [5.74, 6) is -0.176. The summed E-state index contributed by atoms with van der Waals surface area (Å²) in [7, 11) is 0. The number of nitrogens with one attached hydrogen (secondary N) is 1. The van der Waals surface area contributed by atoms with Crippen molar-refractivity contribution < 1.29 is 19.1 Å². The zero-order chi connectivity index (χ0) is 20.6. The average Bonchev–Trinajstić information content (AvgIpc) is 2.65. The van der Waals surface area contributed by atoms with Crippen LogP contribution in [0.2, 0.25) is 5.02 Å². The number of halogens is 1. The monoisotopic (exact) mass is 403 g/mol. The van der Waals surface area contributed by atoms with Crippen molar-refractivity contribution in [1.82, 2.24) is 5.32 Å². The predicted octanol–water partition coefficient (Wildman–Crippen LogP) is 4.27. The largest absolute Gasteiger partial charge is 0.493 e. The van der Waals surface area contributed by atoms with Crippen LogP contribution in [0.25, 0.3) is 0 Å². The van der Waals surface area contributed by atoms with E-state index in [4.69, 9.17) is 21.1 Å². The lowest BCUT2D eigenvalue weighted by molar-refractivity contribution is -0.149. The van der Waals surface area contributed by atoms with Gasteiger partial charge in [-0.25, -0.2) is 0 Å². The Morgan fingerprint density at radius 2 is 1.71 bits per heavy atom. The molecule has 0 aliphatic carbocycles. The molecule has 0 aliphatic rings. The maximum atomic E-state index is 11.8. The summed E-state index contributed by atoms with van der Waals surface area (Å²) < 4.78 is 10.5. The number of esters is 1. The lowest BCUT2D eigenvalue weighted by Gasteiger charge is -2.19. The third-order valence-corrected chi connectivity index (χ3v) is 4.46. The lowest BCUT2D eigenvalue weighted by atomic mass is 9.87. The van der Waals surface area contributed by atoms with Gasteiger partial charge in [0.05, 0.1) is 13.0 Å². The van der Waals surface area contributed by atoms with Crippen LogP contribution in [0.5, 0.6) is 5.75 Å². The molecule has 28 heavy (non-hydrogen) atoms. The van der Waals surface area contributed by atoms with E-state index in [-0.39, 0.29) is 37.5 Å². The number of carbonyl (C=O) groups is 2. The molecular weight excluding hydrogens is 378 g/mol. The van der Waals surface area contributed by atoms with E-state index in [1.165, 1.54) is 5.56 Å². The van der Waals surface area contributed by atoms with Crippen molar-refractivity contribution in [1.29, 1.82) is 0 Å². The smallest absolute Gasteiger partial charge is 0.309 e. The highest BCUT2D eigenvalue weighted by atomic mass is 35.5. The number of ether oxygens (including phenoxy) is 2. The molecule has 2 rings (SSSR count). The van der Waals surface area contributed by atoms with Gasteiger partial charge in [-0.2, -0.15) is 0 Å². The highest BCUT2D eigenvalue weighted by Crippen LogP contribution is 2.24. The van der Waals surface area contributed by atoms with Gasteiger partial charge in [0.15, 0.2) is 6.61 Å². The van der Waals surface area contributed by atoms with Gasteiger partial charge in [0.25, 0.3) is 5.91 Å². The molecule has 1 amide bonds. The van der Waals surface area contributed by atoms with Gasteiger partial charge in [-0.15, -0.1) is 0 Å². The number of rotatable bonds is 8. The van der Waals surface area contributed by atoms with Gasteiger partial charge in [-0.3, -0.25) is 9.59 Å². The Labute approximate surface area is 171 Å². The molecule has 0 atom stereocenters. The summed E-state index contributed by atoms with van der Waals surface area (Å²) in [6, 6.07) is 15.0. The third-order valence-electron chi connectivity index (χ3n) is 4.09. The summed E-state index contributed by atoms with van der Waals surface area (Å²) >= 11 is 6.02. The number of hydrogen-bond acceptors (Lipinski definition) is 4. The fourth-order valence-electron chi connectivity index (χ4n) is 2.41. The molecule has 0 saturated heterocycles. The summed E-state index contributed by atoms with van der Waals surface area (Å²) in [6.45, 7) is 6.57. The van der Waals surface area contributed by atoms with Gasteiger partial charge < -0.3 is 14.8 Å². The molecule has 0 saturated carbocycles. The minimum absolute atomic E-state index is 0.0683. The van der Waals surface area contributed by atoms with Crippen molar-refractivity contribution >= 4 is 23.5 Å². The molecular formula is C22H26ClNO4. The van der Waals surface area contributed by atoms with Crippen molar-refractivity contribution in [2.45, 2.75) is 39.2 Å². The molecule has 0 spiro atoms. The van der Waals surface area contributed by atoms with Crippen LogP contribution in [0.15, 0.2) is 48.5 Å². The Bertz CT molecular complexity index is 797. The zero-order valence-corrected chi connectivity index (χ0v) is 17.2. The molecule has 0 bridgehead atoms. The van der Waals surface area contributed by atoms with Crippen molar-refractivity contribution in [3.05, 3.63) is 64.7 Å². The molecule has 0 aromatic heterocycles. The third kappa shape index (κ3) is 7.24. The molecule has 0 unspecified atom stereocenters.